The first kappa shape index (κ1) is 22.2. The number of rotatable bonds is 7. The minimum atomic E-state index is -0.857. The van der Waals surface area contributed by atoms with E-state index in [1.54, 1.807) is 7.11 Å². The normalized spacial score (nSPS) is 12.4. The van der Waals surface area contributed by atoms with Gasteiger partial charge in [0.05, 0.1) is 24.3 Å². The first-order valence-electron chi connectivity index (χ1n) is 8.96. The van der Waals surface area contributed by atoms with E-state index in [1.165, 1.54) is 7.11 Å². The number of aryl methyl sites for hydroxylation is 1. The maximum Gasteiger partial charge on any atom is 0.339 e. The number of halogens is 1. The van der Waals surface area contributed by atoms with Gasteiger partial charge >= 0.3 is 5.97 Å². The maximum atomic E-state index is 12.4. The highest BCUT2D eigenvalue weighted by molar-refractivity contribution is 9.10. The lowest BCUT2D eigenvalue weighted by atomic mass is 10.0. The number of benzene rings is 2. The molecule has 6 heteroatoms. The van der Waals surface area contributed by atoms with Crippen LogP contribution in [-0.2, 0) is 20.9 Å². The second-order valence-electron chi connectivity index (χ2n) is 7.38. The standard InChI is InChI=1S/C22H27BrO5/c1-14-7-12-17(27-13-15-8-10-16(25-5)11-9-15)19(23)18(14)20(21(24)26-6)28-22(2,3)4/h7-12,20H,13H2,1-6H3. The predicted octanol–water partition coefficient (Wildman–Crippen LogP) is 5.37. The van der Waals surface area contributed by atoms with E-state index in [9.17, 15) is 4.79 Å². The summed E-state index contributed by atoms with van der Waals surface area (Å²) >= 11 is 3.60. The molecule has 28 heavy (non-hydrogen) atoms. The quantitative estimate of drug-likeness (QED) is 0.530. The van der Waals surface area contributed by atoms with Gasteiger partial charge < -0.3 is 18.9 Å². The van der Waals surface area contributed by atoms with Gasteiger partial charge in [0, 0.05) is 5.56 Å². The highest BCUT2D eigenvalue weighted by Crippen LogP contribution is 2.39. The summed E-state index contributed by atoms with van der Waals surface area (Å²) < 4.78 is 22.8. The van der Waals surface area contributed by atoms with Gasteiger partial charge in [0.15, 0.2) is 6.10 Å². The van der Waals surface area contributed by atoms with Crippen LogP contribution in [0.2, 0.25) is 0 Å². The van der Waals surface area contributed by atoms with E-state index in [4.69, 9.17) is 18.9 Å². The largest absolute Gasteiger partial charge is 0.497 e. The van der Waals surface area contributed by atoms with Crippen molar-refractivity contribution in [2.45, 2.75) is 46.0 Å². The molecule has 0 saturated heterocycles. The van der Waals surface area contributed by atoms with E-state index < -0.39 is 17.7 Å². The fourth-order valence-corrected chi connectivity index (χ4v) is 3.44. The Hall–Kier alpha value is -2.05. The van der Waals surface area contributed by atoms with Crippen molar-refractivity contribution >= 4 is 21.9 Å². The van der Waals surface area contributed by atoms with Crippen LogP contribution in [-0.4, -0.2) is 25.8 Å². The zero-order valence-electron chi connectivity index (χ0n) is 17.2. The molecule has 1 unspecified atom stereocenters. The number of methoxy groups -OCH3 is 2. The Bertz CT molecular complexity index is 809. The molecule has 0 heterocycles. The van der Waals surface area contributed by atoms with Gasteiger partial charge in [-0.25, -0.2) is 4.79 Å². The Kier molecular flexibility index (Phi) is 7.49. The number of hydrogen-bond donors (Lipinski definition) is 0. The fraction of sp³-hybridized carbons (Fsp3) is 0.409. The van der Waals surface area contributed by atoms with E-state index in [0.717, 1.165) is 16.9 Å². The molecule has 152 valence electrons. The molecule has 0 radical (unpaired) electrons. The van der Waals surface area contributed by atoms with Crippen LogP contribution < -0.4 is 9.47 Å². The summed E-state index contributed by atoms with van der Waals surface area (Å²) in [6.07, 6.45) is -0.857. The molecule has 0 bridgehead atoms. The van der Waals surface area contributed by atoms with Crippen molar-refractivity contribution in [1.29, 1.82) is 0 Å². The van der Waals surface area contributed by atoms with Gasteiger partial charge in [-0.3, -0.25) is 0 Å². The Balaban J connectivity index is 2.31. The molecule has 1 atom stereocenters. The third-order valence-corrected chi connectivity index (χ3v) is 4.88. The SMILES string of the molecule is COC(=O)C(OC(C)(C)C)c1c(C)ccc(OCc2ccc(OC)cc2)c1Br. The summed E-state index contributed by atoms with van der Waals surface area (Å²) in [6, 6.07) is 11.4. The van der Waals surface area contributed by atoms with Crippen LogP contribution in [0.1, 0.15) is 43.6 Å². The summed E-state index contributed by atoms with van der Waals surface area (Å²) in [5.41, 5.74) is 2.09. The molecule has 2 aromatic rings. The lowest BCUT2D eigenvalue weighted by Crippen LogP contribution is -2.29. The first-order valence-corrected chi connectivity index (χ1v) is 9.76. The van der Waals surface area contributed by atoms with Crippen molar-refractivity contribution in [1.82, 2.24) is 0 Å². The first-order chi connectivity index (χ1) is 13.2. The van der Waals surface area contributed by atoms with Gasteiger partial charge in [0.2, 0.25) is 0 Å². The van der Waals surface area contributed by atoms with Gasteiger partial charge in [0.1, 0.15) is 18.1 Å². The van der Waals surface area contributed by atoms with Crippen molar-refractivity contribution in [2.24, 2.45) is 0 Å². The second kappa shape index (κ2) is 9.43. The lowest BCUT2D eigenvalue weighted by Gasteiger charge is -2.28. The average molecular weight is 451 g/mol. The fourth-order valence-electron chi connectivity index (χ4n) is 2.67. The molecule has 0 saturated carbocycles. The van der Waals surface area contributed by atoms with Gasteiger partial charge in [-0.2, -0.15) is 0 Å². The molecular weight excluding hydrogens is 424 g/mol. The molecule has 2 aromatic carbocycles. The molecule has 5 nitrogen and oxygen atoms in total. The van der Waals surface area contributed by atoms with Crippen molar-refractivity contribution in [3.05, 3.63) is 57.6 Å². The van der Waals surface area contributed by atoms with Gasteiger partial charge in [-0.1, -0.05) is 18.2 Å². The second-order valence-corrected chi connectivity index (χ2v) is 8.17. The number of ether oxygens (including phenoxy) is 4. The summed E-state index contributed by atoms with van der Waals surface area (Å²) in [5, 5.41) is 0. The summed E-state index contributed by atoms with van der Waals surface area (Å²) in [4.78, 5) is 12.4. The van der Waals surface area contributed by atoms with E-state index in [1.807, 2.05) is 64.1 Å². The van der Waals surface area contributed by atoms with Crippen LogP contribution in [0, 0.1) is 6.92 Å². The predicted molar refractivity (Wildman–Crippen MR) is 112 cm³/mol. The van der Waals surface area contributed by atoms with Crippen LogP contribution in [0.25, 0.3) is 0 Å². The zero-order chi connectivity index (χ0) is 20.9. The minimum absolute atomic E-state index is 0.383. The summed E-state index contributed by atoms with van der Waals surface area (Å²) in [5.74, 6) is 0.969. The molecule has 0 aliphatic heterocycles. The summed E-state index contributed by atoms with van der Waals surface area (Å²) in [7, 11) is 2.99. The molecule has 0 amide bonds. The Morgan fingerprint density at radius 1 is 1.07 bits per heavy atom. The number of carbonyl (C=O) groups is 1. The molecule has 0 spiro atoms. The molecule has 0 aromatic heterocycles. The van der Waals surface area contributed by atoms with Gasteiger partial charge in [0.25, 0.3) is 0 Å². The monoisotopic (exact) mass is 450 g/mol. The van der Waals surface area contributed by atoms with Gasteiger partial charge in [-0.05, 0) is 73.0 Å². The van der Waals surface area contributed by atoms with Crippen LogP contribution in [0.3, 0.4) is 0 Å². The third-order valence-electron chi connectivity index (χ3n) is 4.06. The Morgan fingerprint density at radius 3 is 2.25 bits per heavy atom. The van der Waals surface area contributed by atoms with Crippen molar-refractivity contribution in [3.63, 3.8) is 0 Å². The molecule has 0 fully saturated rings. The van der Waals surface area contributed by atoms with E-state index in [0.29, 0.717) is 22.4 Å². The zero-order valence-corrected chi connectivity index (χ0v) is 18.8. The van der Waals surface area contributed by atoms with Crippen LogP contribution in [0.15, 0.2) is 40.9 Å². The number of esters is 1. The van der Waals surface area contributed by atoms with Crippen molar-refractivity contribution < 1.29 is 23.7 Å². The minimum Gasteiger partial charge on any atom is -0.497 e. The average Bonchev–Trinajstić information content (AvgIpc) is 2.65. The Labute approximate surface area is 175 Å². The molecule has 0 N–H and O–H groups in total. The topological polar surface area (TPSA) is 54.0 Å². The third kappa shape index (κ3) is 5.72. The van der Waals surface area contributed by atoms with Crippen molar-refractivity contribution in [3.8, 4) is 11.5 Å². The molecule has 2 rings (SSSR count). The molecular formula is C22H27BrO5. The van der Waals surface area contributed by atoms with Crippen molar-refractivity contribution in [2.75, 3.05) is 14.2 Å². The van der Waals surface area contributed by atoms with E-state index in [2.05, 4.69) is 15.9 Å². The smallest absolute Gasteiger partial charge is 0.339 e. The highest BCUT2D eigenvalue weighted by Gasteiger charge is 2.31. The highest BCUT2D eigenvalue weighted by atomic mass is 79.9. The number of hydrogen-bond acceptors (Lipinski definition) is 5. The van der Waals surface area contributed by atoms with Gasteiger partial charge in [-0.15, -0.1) is 0 Å². The maximum absolute atomic E-state index is 12.4. The van der Waals surface area contributed by atoms with E-state index >= 15 is 0 Å². The van der Waals surface area contributed by atoms with Crippen LogP contribution in [0.5, 0.6) is 11.5 Å². The number of carbonyl (C=O) groups excluding carboxylic acids is 1. The lowest BCUT2D eigenvalue weighted by molar-refractivity contribution is -0.164. The Morgan fingerprint density at radius 2 is 1.71 bits per heavy atom. The molecule has 0 aliphatic rings. The summed E-state index contributed by atoms with van der Waals surface area (Å²) in [6.45, 7) is 8.01. The van der Waals surface area contributed by atoms with Crippen LogP contribution in [0.4, 0.5) is 0 Å². The van der Waals surface area contributed by atoms with Crippen LogP contribution >= 0.6 is 15.9 Å². The van der Waals surface area contributed by atoms with E-state index in [-0.39, 0.29) is 0 Å². The molecule has 0 aliphatic carbocycles.